The largest absolute Gasteiger partial charge is 0.356 e. The first-order chi connectivity index (χ1) is 9.20. The summed E-state index contributed by atoms with van der Waals surface area (Å²) in [7, 11) is 6.31. The van der Waals surface area contributed by atoms with Crippen molar-refractivity contribution in [3.63, 3.8) is 0 Å². The summed E-state index contributed by atoms with van der Waals surface area (Å²) in [5.74, 6) is 2.00. The number of piperidine rings is 1. The van der Waals surface area contributed by atoms with Gasteiger partial charge < -0.3 is 15.1 Å². The molecule has 0 bridgehead atoms. The maximum atomic E-state index is 4.58. The summed E-state index contributed by atoms with van der Waals surface area (Å²) in [5, 5.41) is 3.23. The quantitative estimate of drug-likeness (QED) is 0.873. The van der Waals surface area contributed by atoms with E-state index in [2.05, 4.69) is 40.3 Å². The Morgan fingerprint density at radius 3 is 2.74 bits per heavy atom. The fraction of sp³-hybridized carbons (Fsp3) is 0.667. The molecule has 1 aliphatic heterocycles. The minimum Gasteiger partial charge on any atom is -0.356 e. The SMILES string of the molecule is CNCc1cccnc1N1CCC(CN(C)C)CC1. The zero-order valence-electron chi connectivity index (χ0n) is 12.4. The summed E-state index contributed by atoms with van der Waals surface area (Å²) in [6.07, 6.45) is 4.45. The molecule has 0 spiro atoms. The van der Waals surface area contributed by atoms with Crippen LogP contribution >= 0.6 is 0 Å². The minimum atomic E-state index is 0.836. The number of nitrogens with zero attached hydrogens (tertiary/aromatic N) is 3. The van der Waals surface area contributed by atoms with E-state index in [0.29, 0.717) is 0 Å². The van der Waals surface area contributed by atoms with Crippen molar-refractivity contribution in [3.8, 4) is 0 Å². The Hall–Kier alpha value is -1.13. The molecule has 0 radical (unpaired) electrons. The van der Waals surface area contributed by atoms with Crippen molar-refractivity contribution >= 4 is 5.82 Å². The van der Waals surface area contributed by atoms with Crippen LogP contribution < -0.4 is 10.2 Å². The van der Waals surface area contributed by atoms with Crippen LogP contribution in [0.3, 0.4) is 0 Å². The molecule has 1 fully saturated rings. The summed E-state index contributed by atoms with van der Waals surface area (Å²) >= 11 is 0. The number of anilines is 1. The monoisotopic (exact) mass is 262 g/mol. The lowest BCUT2D eigenvalue weighted by atomic mass is 9.96. The van der Waals surface area contributed by atoms with Gasteiger partial charge in [0.05, 0.1) is 0 Å². The summed E-state index contributed by atoms with van der Waals surface area (Å²) in [6, 6.07) is 4.19. The topological polar surface area (TPSA) is 31.4 Å². The van der Waals surface area contributed by atoms with Crippen molar-refractivity contribution in [2.75, 3.05) is 45.7 Å². The molecular weight excluding hydrogens is 236 g/mol. The maximum Gasteiger partial charge on any atom is 0.133 e. The Balaban J connectivity index is 1.97. The van der Waals surface area contributed by atoms with Crippen LogP contribution in [0, 0.1) is 5.92 Å². The van der Waals surface area contributed by atoms with E-state index in [4.69, 9.17) is 0 Å². The van der Waals surface area contributed by atoms with Gasteiger partial charge in [0.2, 0.25) is 0 Å². The Labute approximate surface area is 116 Å². The molecule has 1 saturated heterocycles. The van der Waals surface area contributed by atoms with Crippen LogP contribution in [0.2, 0.25) is 0 Å². The predicted molar refractivity (Wildman–Crippen MR) is 80.5 cm³/mol. The first-order valence-electron chi connectivity index (χ1n) is 7.19. The highest BCUT2D eigenvalue weighted by Gasteiger charge is 2.21. The Bertz CT molecular complexity index is 383. The Kier molecular flexibility index (Phi) is 5.16. The molecule has 106 valence electrons. The highest BCUT2D eigenvalue weighted by molar-refractivity contribution is 5.47. The average molecular weight is 262 g/mol. The van der Waals surface area contributed by atoms with Gasteiger partial charge in [0.1, 0.15) is 5.82 Å². The van der Waals surface area contributed by atoms with Gasteiger partial charge in [-0.1, -0.05) is 6.07 Å². The van der Waals surface area contributed by atoms with Gasteiger partial charge in [-0.15, -0.1) is 0 Å². The third-order valence-electron chi connectivity index (χ3n) is 3.77. The van der Waals surface area contributed by atoms with E-state index < -0.39 is 0 Å². The summed E-state index contributed by atoms with van der Waals surface area (Å²) in [4.78, 5) is 9.32. The van der Waals surface area contributed by atoms with Gasteiger partial charge in [-0.3, -0.25) is 0 Å². The fourth-order valence-electron chi connectivity index (χ4n) is 2.89. The van der Waals surface area contributed by atoms with E-state index in [9.17, 15) is 0 Å². The van der Waals surface area contributed by atoms with Gasteiger partial charge in [-0.25, -0.2) is 4.98 Å². The molecular formula is C15H26N4. The van der Waals surface area contributed by atoms with Crippen LogP contribution in [0.15, 0.2) is 18.3 Å². The van der Waals surface area contributed by atoms with Crippen molar-refractivity contribution in [1.82, 2.24) is 15.2 Å². The number of aromatic nitrogens is 1. The maximum absolute atomic E-state index is 4.58. The number of hydrogen-bond donors (Lipinski definition) is 1. The van der Waals surface area contributed by atoms with E-state index in [1.807, 2.05) is 19.3 Å². The van der Waals surface area contributed by atoms with Crippen LogP contribution in [-0.4, -0.2) is 50.7 Å². The van der Waals surface area contributed by atoms with Crippen LogP contribution in [0.1, 0.15) is 18.4 Å². The molecule has 0 amide bonds. The smallest absolute Gasteiger partial charge is 0.133 e. The molecule has 2 rings (SSSR count). The van der Waals surface area contributed by atoms with Crippen LogP contribution in [0.25, 0.3) is 0 Å². The normalized spacial score (nSPS) is 17.2. The zero-order chi connectivity index (χ0) is 13.7. The molecule has 0 saturated carbocycles. The van der Waals surface area contributed by atoms with Gasteiger partial charge in [0.25, 0.3) is 0 Å². The molecule has 0 aliphatic carbocycles. The van der Waals surface area contributed by atoms with Gasteiger partial charge in [0, 0.05) is 37.9 Å². The van der Waals surface area contributed by atoms with Gasteiger partial charge in [0.15, 0.2) is 0 Å². The van der Waals surface area contributed by atoms with Crippen LogP contribution in [-0.2, 0) is 6.54 Å². The van der Waals surface area contributed by atoms with Crippen LogP contribution in [0.4, 0.5) is 5.82 Å². The molecule has 0 atom stereocenters. The van der Waals surface area contributed by atoms with E-state index in [-0.39, 0.29) is 0 Å². The van der Waals surface area contributed by atoms with Crippen LogP contribution in [0.5, 0.6) is 0 Å². The van der Waals surface area contributed by atoms with Crippen molar-refractivity contribution < 1.29 is 0 Å². The van der Waals surface area contributed by atoms with Crippen molar-refractivity contribution in [3.05, 3.63) is 23.9 Å². The summed E-state index contributed by atoms with van der Waals surface area (Å²) < 4.78 is 0. The predicted octanol–water partition coefficient (Wildman–Crippen LogP) is 1.58. The van der Waals surface area contributed by atoms with E-state index in [1.165, 1.54) is 30.8 Å². The highest BCUT2D eigenvalue weighted by atomic mass is 15.2. The third-order valence-corrected chi connectivity index (χ3v) is 3.77. The van der Waals surface area contributed by atoms with Crippen molar-refractivity contribution in [1.29, 1.82) is 0 Å². The average Bonchev–Trinajstić information content (AvgIpc) is 2.40. The molecule has 1 aliphatic rings. The zero-order valence-corrected chi connectivity index (χ0v) is 12.4. The van der Waals surface area contributed by atoms with E-state index in [0.717, 1.165) is 25.6 Å². The lowest BCUT2D eigenvalue weighted by molar-refractivity contribution is 0.284. The lowest BCUT2D eigenvalue weighted by Gasteiger charge is -2.34. The second kappa shape index (κ2) is 6.87. The first-order valence-corrected chi connectivity index (χ1v) is 7.19. The summed E-state index contributed by atoms with van der Waals surface area (Å²) in [5.41, 5.74) is 1.30. The minimum absolute atomic E-state index is 0.836. The molecule has 2 heterocycles. The number of nitrogens with one attached hydrogen (secondary N) is 1. The molecule has 1 aromatic rings. The molecule has 4 nitrogen and oxygen atoms in total. The standard InChI is InChI=1S/C15H26N4/c1-16-11-14-5-4-8-17-15(14)19-9-6-13(7-10-19)12-18(2)3/h4-5,8,13,16H,6-7,9-12H2,1-3H3. The fourth-order valence-corrected chi connectivity index (χ4v) is 2.89. The van der Waals surface area contributed by atoms with Crippen molar-refractivity contribution in [2.24, 2.45) is 5.92 Å². The van der Waals surface area contributed by atoms with Crippen molar-refractivity contribution in [2.45, 2.75) is 19.4 Å². The first kappa shape index (κ1) is 14.3. The molecule has 4 heteroatoms. The molecule has 19 heavy (non-hydrogen) atoms. The summed E-state index contributed by atoms with van der Waals surface area (Å²) in [6.45, 7) is 4.36. The number of hydrogen-bond acceptors (Lipinski definition) is 4. The molecule has 0 aromatic carbocycles. The second-order valence-electron chi connectivity index (χ2n) is 5.71. The van der Waals surface area contributed by atoms with E-state index in [1.54, 1.807) is 0 Å². The Morgan fingerprint density at radius 2 is 2.11 bits per heavy atom. The highest BCUT2D eigenvalue weighted by Crippen LogP contribution is 2.24. The second-order valence-corrected chi connectivity index (χ2v) is 5.71. The van der Waals surface area contributed by atoms with Gasteiger partial charge in [-0.05, 0) is 46.0 Å². The molecule has 1 aromatic heterocycles. The number of pyridine rings is 1. The van der Waals surface area contributed by atoms with E-state index >= 15 is 0 Å². The number of rotatable bonds is 5. The third kappa shape index (κ3) is 3.91. The molecule has 0 unspecified atom stereocenters. The van der Waals surface area contributed by atoms with Gasteiger partial charge >= 0.3 is 0 Å². The Morgan fingerprint density at radius 1 is 1.37 bits per heavy atom. The lowest BCUT2D eigenvalue weighted by Crippen LogP contribution is -2.38. The molecule has 1 N–H and O–H groups in total. The van der Waals surface area contributed by atoms with Gasteiger partial charge in [-0.2, -0.15) is 0 Å².